The van der Waals surface area contributed by atoms with Gasteiger partial charge in [-0.3, -0.25) is 24.2 Å². The van der Waals surface area contributed by atoms with Gasteiger partial charge >= 0.3 is 6.18 Å². The highest BCUT2D eigenvalue weighted by Crippen LogP contribution is 2.54. The third-order valence-electron chi connectivity index (χ3n) is 9.04. The monoisotopic (exact) mass is 595 g/mol. The summed E-state index contributed by atoms with van der Waals surface area (Å²) in [5, 5.41) is 44.8. The molecule has 1 saturated heterocycles. The third-order valence-corrected chi connectivity index (χ3v) is 9.04. The number of allylic oxidation sites excluding steroid dienone is 1. The number of phenols is 1. The summed E-state index contributed by atoms with van der Waals surface area (Å²) in [5.41, 5.74) is -1.55. The van der Waals surface area contributed by atoms with Gasteiger partial charge in [0.1, 0.15) is 22.8 Å². The molecule has 0 spiro atoms. The molecule has 3 aliphatic carbocycles. The first kappa shape index (κ1) is 30.0. The van der Waals surface area contributed by atoms with Crippen LogP contribution in [0.1, 0.15) is 46.4 Å². The van der Waals surface area contributed by atoms with Crippen LogP contribution in [-0.4, -0.2) is 99.7 Å². The first-order valence-corrected chi connectivity index (χ1v) is 13.5. The van der Waals surface area contributed by atoms with Crippen molar-refractivity contribution in [1.29, 1.82) is 0 Å². The molecule has 11 nitrogen and oxygen atoms in total. The number of aliphatic hydroxyl groups excluding tert-OH is 2. The standard InChI is InChI=1S/C28H32F3N3O8/c1-4-34-5-6-42-10-15(34)12-9-16(35)18-13(20(12)28(29,30)31)7-11-8-14-21(33(2)3)23(37)19(26(32)40)25(39)27(14,41)24(38)17(11)22(18)36/h9,11,14-15,21,35,37-38,41H,4-8,10H2,1-3H3,(H2,32,40)/t11-,14-,15?,21-,27-/m0/s1. The van der Waals surface area contributed by atoms with Crippen molar-refractivity contribution in [3.05, 3.63) is 51.0 Å². The lowest BCUT2D eigenvalue weighted by molar-refractivity contribution is -0.148. The molecule has 228 valence electrons. The van der Waals surface area contributed by atoms with Gasteiger partial charge in [0, 0.05) is 18.0 Å². The van der Waals surface area contributed by atoms with E-state index in [-0.39, 0.29) is 18.6 Å². The Labute approximate surface area is 238 Å². The van der Waals surface area contributed by atoms with Gasteiger partial charge < -0.3 is 30.9 Å². The first-order chi connectivity index (χ1) is 19.6. The second-order valence-corrected chi connectivity index (χ2v) is 11.4. The maximum absolute atomic E-state index is 14.8. The van der Waals surface area contributed by atoms with Gasteiger partial charge in [-0.25, -0.2) is 0 Å². The molecule has 5 rings (SSSR count). The number of nitrogens with two attached hydrogens (primary N) is 1. The van der Waals surface area contributed by atoms with Crippen molar-refractivity contribution in [1.82, 2.24) is 9.80 Å². The zero-order valence-electron chi connectivity index (χ0n) is 23.2. The summed E-state index contributed by atoms with van der Waals surface area (Å²) in [6.07, 6.45) is -5.72. The summed E-state index contributed by atoms with van der Waals surface area (Å²) in [6.45, 7) is 2.83. The van der Waals surface area contributed by atoms with Gasteiger partial charge in [-0.1, -0.05) is 6.92 Å². The molecule has 0 bridgehead atoms. The lowest BCUT2D eigenvalue weighted by atomic mass is 9.58. The summed E-state index contributed by atoms with van der Waals surface area (Å²) in [5.74, 6) is -9.11. The molecule has 1 unspecified atom stereocenters. The van der Waals surface area contributed by atoms with E-state index in [2.05, 4.69) is 0 Å². The van der Waals surface area contributed by atoms with Crippen molar-refractivity contribution in [2.24, 2.45) is 17.6 Å². The summed E-state index contributed by atoms with van der Waals surface area (Å²) in [4.78, 5) is 42.4. The minimum absolute atomic E-state index is 0.0615. The second kappa shape index (κ2) is 10.1. The molecule has 1 aromatic rings. The number of rotatable bonds is 4. The van der Waals surface area contributed by atoms with Gasteiger partial charge in [0.2, 0.25) is 5.78 Å². The molecule has 42 heavy (non-hydrogen) atoms. The summed E-state index contributed by atoms with van der Waals surface area (Å²) < 4.78 is 49.9. The molecule has 1 aromatic carbocycles. The van der Waals surface area contributed by atoms with E-state index in [1.807, 2.05) is 0 Å². The maximum Gasteiger partial charge on any atom is 0.417 e. The quantitative estimate of drug-likeness (QED) is 0.321. The fourth-order valence-electron chi connectivity index (χ4n) is 7.25. The second-order valence-electron chi connectivity index (χ2n) is 11.4. The van der Waals surface area contributed by atoms with Crippen LogP contribution in [0.25, 0.3) is 0 Å². The Morgan fingerprint density at radius 1 is 1.24 bits per heavy atom. The summed E-state index contributed by atoms with van der Waals surface area (Å²) >= 11 is 0. The molecule has 4 aliphatic rings. The molecule has 1 heterocycles. The number of primary amides is 1. The van der Waals surface area contributed by atoms with E-state index in [4.69, 9.17) is 10.5 Å². The number of nitrogens with zero attached hydrogens (tertiary/aromatic N) is 2. The fourth-order valence-corrected chi connectivity index (χ4v) is 7.25. The lowest BCUT2D eigenvalue weighted by Gasteiger charge is -2.50. The topological polar surface area (TPSA) is 174 Å². The van der Waals surface area contributed by atoms with Crippen molar-refractivity contribution >= 4 is 17.5 Å². The van der Waals surface area contributed by atoms with Crippen LogP contribution in [0.4, 0.5) is 13.2 Å². The van der Waals surface area contributed by atoms with Gasteiger partial charge in [0.15, 0.2) is 11.4 Å². The van der Waals surface area contributed by atoms with Gasteiger partial charge in [-0.2, -0.15) is 13.2 Å². The minimum atomic E-state index is -4.94. The normalized spacial score (nSPS) is 30.4. The smallest absolute Gasteiger partial charge is 0.417 e. The number of carbonyl (C=O) groups excluding carboxylic acids is 3. The average Bonchev–Trinajstić information content (AvgIpc) is 2.89. The highest BCUT2D eigenvalue weighted by Gasteiger charge is 2.63. The molecule has 1 amide bonds. The number of hydrogen-bond acceptors (Lipinski definition) is 10. The summed E-state index contributed by atoms with van der Waals surface area (Å²) in [6, 6.07) is -1.22. The Morgan fingerprint density at radius 3 is 2.48 bits per heavy atom. The van der Waals surface area contributed by atoms with Crippen molar-refractivity contribution in [2.45, 2.75) is 43.6 Å². The van der Waals surface area contributed by atoms with E-state index in [0.717, 1.165) is 6.07 Å². The van der Waals surface area contributed by atoms with E-state index >= 15 is 0 Å². The van der Waals surface area contributed by atoms with Crippen LogP contribution in [0.15, 0.2) is 28.7 Å². The Morgan fingerprint density at radius 2 is 1.90 bits per heavy atom. The number of benzene rings is 1. The maximum atomic E-state index is 14.8. The van der Waals surface area contributed by atoms with E-state index < -0.39 is 105 Å². The number of aromatic hydroxyl groups is 1. The van der Waals surface area contributed by atoms with E-state index in [1.165, 1.54) is 19.0 Å². The van der Waals surface area contributed by atoms with Crippen LogP contribution in [-0.2, 0) is 26.9 Å². The highest BCUT2D eigenvalue weighted by atomic mass is 19.4. The summed E-state index contributed by atoms with van der Waals surface area (Å²) in [7, 11) is 2.93. The van der Waals surface area contributed by atoms with E-state index in [1.54, 1.807) is 11.8 Å². The fraction of sp³-hybridized carbons (Fsp3) is 0.536. The number of fused-ring (bicyclic) bond motifs is 3. The van der Waals surface area contributed by atoms with Crippen LogP contribution < -0.4 is 5.73 Å². The number of Topliss-reactive ketones (excluding diaryl/α,β-unsaturated/α-hetero) is 2. The van der Waals surface area contributed by atoms with Crippen molar-refractivity contribution in [3.63, 3.8) is 0 Å². The number of morpholine rings is 1. The molecule has 0 aromatic heterocycles. The number of hydrogen-bond donors (Lipinski definition) is 5. The lowest BCUT2D eigenvalue weighted by Crippen LogP contribution is -2.63. The molecule has 5 atom stereocenters. The number of aliphatic hydroxyl groups is 3. The molecule has 0 saturated carbocycles. The molecule has 1 aliphatic heterocycles. The minimum Gasteiger partial charge on any atom is -0.510 e. The number of alkyl halides is 3. The van der Waals surface area contributed by atoms with Crippen molar-refractivity contribution in [3.8, 4) is 5.75 Å². The zero-order valence-corrected chi connectivity index (χ0v) is 23.2. The van der Waals surface area contributed by atoms with Crippen molar-refractivity contribution in [2.75, 3.05) is 40.4 Å². The molecule has 1 fully saturated rings. The van der Waals surface area contributed by atoms with Gasteiger partial charge in [0.05, 0.1) is 36.4 Å². The van der Waals surface area contributed by atoms with Gasteiger partial charge in [0.25, 0.3) is 5.91 Å². The van der Waals surface area contributed by atoms with Crippen LogP contribution in [0.3, 0.4) is 0 Å². The van der Waals surface area contributed by atoms with Gasteiger partial charge in [-0.05, 0) is 56.6 Å². The Hall–Kier alpha value is -3.46. The molecule has 14 heteroatoms. The van der Waals surface area contributed by atoms with Crippen molar-refractivity contribution < 1.29 is 52.7 Å². The van der Waals surface area contributed by atoms with Gasteiger partial charge in [-0.15, -0.1) is 0 Å². The number of halogens is 3. The zero-order chi connectivity index (χ0) is 31.0. The number of ketones is 2. The van der Waals surface area contributed by atoms with Crippen LogP contribution in [0.5, 0.6) is 5.75 Å². The number of carbonyl (C=O) groups is 3. The molecule has 0 radical (unpaired) electrons. The number of ether oxygens (including phenoxy) is 1. The largest absolute Gasteiger partial charge is 0.510 e. The Kier molecular flexibility index (Phi) is 7.20. The Balaban J connectivity index is 1.74. The average molecular weight is 596 g/mol. The first-order valence-electron chi connectivity index (χ1n) is 13.5. The third kappa shape index (κ3) is 4.14. The highest BCUT2D eigenvalue weighted by molar-refractivity contribution is 6.24. The van der Waals surface area contributed by atoms with Crippen LogP contribution in [0, 0.1) is 11.8 Å². The molecule has 6 N–H and O–H groups in total. The van der Waals surface area contributed by atoms with Crippen LogP contribution in [0.2, 0.25) is 0 Å². The number of phenolic OH excluding ortho intramolecular Hbond substituents is 1. The van der Waals surface area contributed by atoms with Crippen LogP contribution >= 0.6 is 0 Å². The SMILES string of the molecule is CCN1CCOCC1c1cc(O)c2c(c1C(F)(F)F)C[C@H]1C[C@H]3[C@H](N(C)C)C(O)=C(C(N)=O)C(=O)[C@@]3(O)C(O)=C1C2=O. The van der Waals surface area contributed by atoms with E-state index in [0.29, 0.717) is 19.7 Å². The molecular formula is C28H32F3N3O8. The Bertz CT molecular complexity index is 1450. The predicted octanol–water partition coefficient (Wildman–Crippen LogP) is 1.53. The van der Waals surface area contributed by atoms with E-state index in [9.17, 15) is 48.0 Å². The predicted molar refractivity (Wildman–Crippen MR) is 139 cm³/mol. The number of likely N-dealkylation sites (N-methyl/N-ethyl adjacent to an activating group) is 2. The number of amides is 1. The molecular weight excluding hydrogens is 563 g/mol.